The van der Waals surface area contributed by atoms with Crippen molar-refractivity contribution < 1.29 is 14.1 Å². The average molecular weight is 538 g/mol. The van der Waals surface area contributed by atoms with E-state index in [1.54, 1.807) is 0 Å². The van der Waals surface area contributed by atoms with Gasteiger partial charge in [0.05, 0.1) is 11.4 Å². The quantitative estimate of drug-likeness (QED) is 0.215. The molecule has 0 saturated carbocycles. The van der Waals surface area contributed by atoms with Crippen LogP contribution in [0.2, 0.25) is 0 Å². The molecule has 0 fully saturated rings. The largest absolute Gasteiger partial charge is 0.678 e. The topological polar surface area (TPSA) is 43.2 Å². The monoisotopic (exact) mass is 537 g/mol. The highest BCUT2D eigenvalue weighted by Gasteiger charge is 2.72. The zero-order valence-corrected chi connectivity index (χ0v) is 23.6. The summed E-state index contributed by atoms with van der Waals surface area (Å²) in [6.45, 7) is 8.36. The second-order valence-electron chi connectivity index (χ2n) is 10.7. The van der Waals surface area contributed by atoms with Crippen LogP contribution in [0.1, 0.15) is 22.3 Å². The molecule has 0 saturated heterocycles. The number of aryl methyl sites for hydroxylation is 4. The Hall–Kier alpha value is -5.10. The Labute approximate surface area is 240 Å². The lowest BCUT2D eigenvalue weighted by molar-refractivity contribution is -0.857. The van der Waals surface area contributed by atoms with Crippen LogP contribution in [0.25, 0.3) is 0 Å². The molecule has 1 atom stereocenters. The van der Waals surface area contributed by atoms with Gasteiger partial charge >= 0.3 is 5.97 Å². The Bertz CT molecular complexity index is 1860. The Morgan fingerprint density at radius 3 is 2.02 bits per heavy atom. The van der Waals surface area contributed by atoms with Gasteiger partial charge in [-0.25, -0.2) is 0 Å². The smallest absolute Gasteiger partial charge is 0.352 e. The Balaban J connectivity index is 1.66. The van der Waals surface area contributed by atoms with Crippen molar-refractivity contribution in [3.8, 4) is 5.75 Å². The van der Waals surface area contributed by atoms with Gasteiger partial charge in [-0.1, -0.05) is 66.7 Å². The predicted octanol–water partition coefficient (Wildman–Crippen LogP) is 9.63. The molecule has 2 aliphatic heterocycles. The fraction of sp³-hybridized carbons (Fsp3) is 0.143. The summed E-state index contributed by atoms with van der Waals surface area (Å²) < 4.78 is 11.3. The first kappa shape index (κ1) is 24.9. The minimum absolute atomic E-state index is 0.730. The number of fused-ring (bicyclic) bond motifs is 2. The molecule has 5 aromatic rings. The summed E-state index contributed by atoms with van der Waals surface area (Å²) >= 11 is 0. The lowest BCUT2D eigenvalue weighted by Gasteiger charge is -2.37. The standard InChI is InChI=1S/C35H31N5O/c1-24-19-20-33-30(22-24)36-40(32-18-12-11-13-26(32)3)35(38(33)28-14-7-5-8-15-28)39(29-16-9-6-10-17-29)37-31-23-25(2)21-27(4)34(31)41-35/h5-23H,1-4H3/q+2/t35-/m1/s1. The normalized spacial score (nSPS) is 17.3. The second kappa shape index (κ2) is 9.52. The van der Waals surface area contributed by atoms with Crippen LogP contribution in [0.5, 0.6) is 5.75 Å². The molecule has 0 aliphatic carbocycles. The van der Waals surface area contributed by atoms with E-state index in [9.17, 15) is 0 Å². The van der Waals surface area contributed by atoms with Crippen LogP contribution in [-0.4, -0.2) is 15.4 Å². The van der Waals surface area contributed by atoms with Crippen LogP contribution in [0.3, 0.4) is 0 Å². The first-order valence-electron chi connectivity index (χ1n) is 13.9. The van der Waals surface area contributed by atoms with Gasteiger partial charge in [0.1, 0.15) is 0 Å². The highest BCUT2D eigenvalue weighted by atomic mass is 16.6. The van der Waals surface area contributed by atoms with Gasteiger partial charge in [0.2, 0.25) is 11.4 Å². The van der Waals surface area contributed by atoms with Crippen molar-refractivity contribution in [2.24, 2.45) is 10.2 Å². The van der Waals surface area contributed by atoms with E-state index in [1.807, 2.05) is 45.8 Å². The van der Waals surface area contributed by atoms with Gasteiger partial charge in [0.15, 0.2) is 17.1 Å². The highest BCUT2D eigenvalue weighted by molar-refractivity contribution is 5.76. The number of nitrogens with zero attached hydrogens (tertiary/aromatic N) is 5. The van der Waals surface area contributed by atoms with Gasteiger partial charge < -0.3 is 4.74 Å². The summed E-state index contributed by atoms with van der Waals surface area (Å²) in [5.74, 6) is -0.627. The summed E-state index contributed by atoms with van der Waals surface area (Å²) in [4.78, 5) is 2.22. The summed E-state index contributed by atoms with van der Waals surface area (Å²) in [5, 5.41) is 10.7. The van der Waals surface area contributed by atoms with Gasteiger partial charge in [0.25, 0.3) is 0 Å². The molecule has 6 heteroatoms. The third kappa shape index (κ3) is 3.94. The number of benzene rings is 5. The summed E-state index contributed by atoms with van der Waals surface area (Å²) in [6, 6.07) is 39.4. The van der Waals surface area contributed by atoms with Gasteiger partial charge in [-0.15, -0.1) is 0 Å². The lowest BCUT2D eigenvalue weighted by atomic mass is 10.1. The second-order valence-corrected chi connectivity index (χ2v) is 10.7. The van der Waals surface area contributed by atoms with E-state index < -0.39 is 5.97 Å². The minimum atomic E-state index is -1.36. The molecular weight excluding hydrogens is 506 g/mol. The summed E-state index contributed by atoms with van der Waals surface area (Å²) in [5.41, 5.74) is 9.66. The molecule has 0 amide bonds. The third-order valence-corrected chi connectivity index (χ3v) is 7.63. The van der Waals surface area contributed by atoms with E-state index in [-0.39, 0.29) is 0 Å². The zero-order valence-electron chi connectivity index (χ0n) is 23.6. The van der Waals surface area contributed by atoms with Gasteiger partial charge in [-0.05, 0) is 74.7 Å². The molecule has 0 unspecified atom stereocenters. The number of rotatable bonds is 3. The Kier molecular flexibility index (Phi) is 5.78. The predicted molar refractivity (Wildman–Crippen MR) is 161 cm³/mol. The van der Waals surface area contributed by atoms with Crippen molar-refractivity contribution in [1.82, 2.24) is 0 Å². The maximum atomic E-state index is 7.38. The Morgan fingerprint density at radius 1 is 0.610 bits per heavy atom. The first-order chi connectivity index (χ1) is 20.0. The number of azo groups is 4. The SMILES string of the molecule is Cc1ccc2c(c1)N=[N+](c1ccccc1C)[C@@]1(Oc3c(C)cc(C)cc3N=[N+]1c1ccccc1)N2c1ccccc1. The molecule has 2 heterocycles. The number of para-hydroxylation sites is 3. The molecule has 6 nitrogen and oxygen atoms in total. The van der Waals surface area contributed by atoms with Crippen LogP contribution >= 0.6 is 0 Å². The van der Waals surface area contributed by atoms with Crippen molar-refractivity contribution in [3.63, 3.8) is 0 Å². The van der Waals surface area contributed by atoms with E-state index in [1.165, 1.54) is 0 Å². The van der Waals surface area contributed by atoms with Gasteiger partial charge in [-0.2, -0.15) is 4.90 Å². The molecule has 7 rings (SSSR count). The number of hydrogen-bond donors (Lipinski definition) is 0. The molecule has 41 heavy (non-hydrogen) atoms. The summed E-state index contributed by atoms with van der Waals surface area (Å²) in [6.07, 6.45) is 0. The van der Waals surface area contributed by atoms with E-state index in [2.05, 4.69) is 111 Å². The number of anilines is 2. The van der Waals surface area contributed by atoms with Gasteiger partial charge in [-0.3, -0.25) is 0 Å². The van der Waals surface area contributed by atoms with Crippen LogP contribution in [0, 0.1) is 27.7 Å². The average Bonchev–Trinajstić information content (AvgIpc) is 2.98. The fourth-order valence-electron chi connectivity index (χ4n) is 5.78. The van der Waals surface area contributed by atoms with Crippen LogP contribution < -0.4 is 9.64 Å². The highest BCUT2D eigenvalue weighted by Crippen LogP contribution is 2.53. The molecule has 5 aromatic carbocycles. The maximum absolute atomic E-state index is 7.38. The van der Waals surface area contributed by atoms with Crippen molar-refractivity contribution in [2.75, 3.05) is 4.90 Å². The van der Waals surface area contributed by atoms with E-state index >= 15 is 0 Å². The van der Waals surface area contributed by atoms with E-state index in [0.29, 0.717) is 0 Å². The summed E-state index contributed by atoms with van der Waals surface area (Å²) in [7, 11) is 0. The lowest BCUT2D eigenvalue weighted by Crippen LogP contribution is -2.65. The molecular formula is C35H31N5O+2. The van der Waals surface area contributed by atoms with Crippen molar-refractivity contribution in [1.29, 1.82) is 0 Å². The van der Waals surface area contributed by atoms with E-state index in [0.717, 1.165) is 62.1 Å². The van der Waals surface area contributed by atoms with Crippen molar-refractivity contribution in [2.45, 2.75) is 33.7 Å². The minimum Gasteiger partial charge on any atom is -0.352 e. The maximum Gasteiger partial charge on any atom is 0.678 e. The molecule has 1 spiro atoms. The van der Waals surface area contributed by atoms with E-state index in [4.69, 9.17) is 15.0 Å². The molecule has 0 radical (unpaired) electrons. The molecule has 0 aromatic heterocycles. The van der Waals surface area contributed by atoms with Crippen molar-refractivity contribution in [3.05, 3.63) is 138 Å². The molecule has 0 N–H and O–H groups in total. The van der Waals surface area contributed by atoms with Crippen LogP contribution in [0.4, 0.5) is 34.1 Å². The first-order valence-corrected chi connectivity index (χ1v) is 13.9. The van der Waals surface area contributed by atoms with Gasteiger partial charge in [0, 0.05) is 43.4 Å². The molecule has 0 bridgehead atoms. The van der Waals surface area contributed by atoms with Crippen molar-refractivity contribution >= 4 is 34.1 Å². The van der Waals surface area contributed by atoms with Crippen LogP contribution in [0.15, 0.2) is 125 Å². The molecule has 2 aliphatic rings. The zero-order chi connectivity index (χ0) is 28.1. The van der Waals surface area contributed by atoms with Crippen LogP contribution in [-0.2, 0) is 0 Å². The fourth-order valence-corrected chi connectivity index (χ4v) is 5.78. The molecule has 200 valence electrons. The third-order valence-electron chi connectivity index (χ3n) is 7.63. The number of hydrogen-bond acceptors (Lipinski definition) is 4. The Morgan fingerprint density at radius 2 is 1.27 bits per heavy atom. The number of ether oxygens (including phenoxy) is 1.